The molecule has 0 fully saturated rings. The highest BCUT2D eigenvalue weighted by atomic mass is 16.5. The third kappa shape index (κ3) is 3.06. The van der Waals surface area contributed by atoms with Crippen LogP contribution in [0.5, 0.6) is 5.75 Å². The standard InChI is InChI=1S/C25H23N3O3/c1-3-4-12-27-24(29)15(2)31-16-9-10-21-20(14-16)18-11-13-26-22-17-7-5-6-8-19(17)25(30)28(21)23(18)22/h5-11,13-15H,3-4,12H2,1-2H3,(H,27,29). The molecule has 0 aliphatic carbocycles. The zero-order valence-electron chi connectivity index (χ0n) is 17.5. The smallest absolute Gasteiger partial charge is 0.263 e. The molecule has 0 spiro atoms. The fraction of sp³-hybridized carbons (Fsp3) is 0.240. The summed E-state index contributed by atoms with van der Waals surface area (Å²) in [6.45, 7) is 4.47. The van der Waals surface area contributed by atoms with Crippen molar-refractivity contribution in [2.45, 2.75) is 32.8 Å². The van der Waals surface area contributed by atoms with E-state index in [9.17, 15) is 9.59 Å². The van der Waals surface area contributed by atoms with Crippen molar-refractivity contribution in [1.29, 1.82) is 0 Å². The second-order valence-corrected chi connectivity index (χ2v) is 7.83. The summed E-state index contributed by atoms with van der Waals surface area (Å²) in [4.78, 5) is 30.2. The Labute approximate surface area is 178 Å². The van der Waals surface area contributed by atoms with Crippen molar-refractivity contribution < 1.29 is 9.53 Å². The van der Waals surface area contributed by atoms with E-state index >= 15 is 0 Å². The van der Waals surface area contributed by atoms with Crippen molar-refractivity contribution >= 4 is 44.0 Å². The fourth-order valence-electron chi connectivity index (χ4n) is 4.21. The van der Waals surface area contributed by atoms with E-state index in [0.717, 1.165) is 45.6 Å². The quantitative estimate of drug-likeness (QED) is 0.333. The van der Waals surface area contributed by atoms with Crippen molar-refractivity contribution in [1.82, 2.24) is 14.7 Å². The zero-order valence-corrected chi connectivity index (χ0v) is 17.5. The van der Waals surface area contributed by atoms with Gasteiger partial charge in [-0.15, -0.1) is 0 Å². The lowest BCUT2D eigenvalue weighted by Gasteiger charge is -2.14. The van der Waals surface area contributed by atoms with Gasteiger partial charge in [0, 0.05) is 34.3 Å². The Kier molecular flexibility index (Phi) is 4.70. The highest BCUT2D eigenvalue weighted by Gasteiger charge is 2.19. The molecule has 0 saturated heterocycles. The van der Waals surface area contributed by atoms with Crippen LogP contribution in [-0.4, -0.2) is 27.9 Å². The highest BCUT2D eigenvalue weighted by molar-refractivity contribution is 6.18. The number of amides is 1. The number of nitrogens with one attached hydrogen (secondary N) is 1. The van der Waals surface area contributed by atoms with Gasteiger partial charge in [-0.05, 0) is 43.7 Å². The van der Waals surface area contributed by atoms with Crippen LogP contribution >= 0.6 is 0 Å². The first-order valence-corrected chi connectivity index (χ1v) is 10.6. The van der Waals surface area contributed by atoms with E-state index in [1.165, 1.54) is 0 Å². The molecule has 156 valence electrons. The molecule has 0 saturated carbocycles. The molecule has 0 bridgehead atoms. The molecule has 6 heteroatoms. The number of benzene rings is 2. The molecule has 0 aliphatic heterocycles. The molecule has 1 N–H and O–H groups in total. The van der Waals surface area contributed by atoms with Crippen LogP contribution in [0.4, 0.5) is 0 Å². The minimum atomic E-state index is -0.610. The maximum atomic E-state index is 13.3. The van der Waals surface area contributed by atoms with Crippen molar-refractivity contribution in [2.75, 3.05) is 6.54 Å². The molecule has 1 unspecified atom stereocenters. The summed E-state index contributed by atoms with van der Waals surface area (Å²) < 4.78 is 7.66. The lowest BCUT2D eigenvalue weighted by Crippen LogP contribution is -2.36. The number of carbonyl (C=O) groups is 1. The van der Waals surface area contributed by atoms with Gasteiger partial charge in [0.05, 0.1) is 16.6 Å². The van der Waals surface area contributed by atoms with E-state index in [0.29, 0.717) is 17.7 Å². The maximum absolute atomic E-state index is 13.3. The van der Waals surface area contributed by atoms with Gasteiger partial charge in [0.2, 0.25) is 0 Å². The number of fused-ring (bicyclic) bond motifs is 5. The molecule has 5 aromatic rings. The maximum Gasteiger partial charge on any atom is 0.263 e. The molecule has 3 heterocycles. The van der Waals surface area contributed by atoms with Crippen LogP contribution in [0.2, 0.25) is 0 Å². The van der Waals surface area contributed by atoms with Crippen LogP contribution in [0.15, 0.2) is 59.5 Å². The average molecular weight is 413 g/mol. The van der Waals surface area contributed by atoms with Gasteiger partial charge in [0.25, 0.3) is 11.5 Å². The minimum absolute atomic E-state index is 0.0616. The molecule has 0 aliphatic rings. The van der Waals surface area contributed by atoms with Crippen molar-refractivity contribution in [3.05, 3.63) is 65.1 Å². The molecule has 31 heavy (non-hydrogen) atoms. The Hall–Kier alpha value is -3.67. The van der Waals surface area contributed by atoms with Gasteiger partial charge in [0.1, 0.15) is 5.75 Å². The fourth-order valence-corrected chi connectivity index (χ4v) is 4.21. The second-order valence-electron chi connectivity index (χ2n) is 7.83. The number of ether oxygens (including phenoxy) is 1. The lowest BCUT2D eigenvalue weighted by molar-refractivity contribution is -0.127. The third-order valence-electron chi connectivity index (χ3n) is 5.77. The number of carbonyl (C=O) groups excluding carboxylic acids is 1. The van der Waals surface area contributed by atoms with Crippen molar-refractivity contribution in [3.8, 4) is 5.75 Å². The van der Waals surface area contributed by atoms with Gasteiger partial charge in [-0.3, -0.25) is 19.0 Å². The van der Waals surface area contributed by atoms with Crippen molar-refractivity contribution in [3.63, 3.8) is 0 Å². The predicted molar refractivity (Wildman–Crippen MR) is 123 cm³/mol. The molecule has 5 rings (SSSR count). The van der Waals surface area contributed by atoms with E-state index in [2.05, 4.69) is 17.2 Å². The van der Waals surface area contributed by atoms with E-state index < -0.39 is 6.10 Å². The van der Waals surface area contributed by atoms with Gasteiger partial charge in [-0.25, -0.2) is 0 Å². The molecule has 6 nitrogen and oxygen atoms in total. The Morgan fingerprint density at radius 1 is 1.10 bits per heavy atom. The molecule has 1 atom stereocenters. The van der Waals surface area contributed by atoms with Crippen LogP contribution in [0, 0.1) is 0 Å². The van der Waals surface area contributed by atoms with Gasteiger partial charge >= 0.3 is 0 Å². The predicted octanol–water partition coefficient (Wildman–Crippen LogP) is 4.28. The number of unbranched alkanes of at least 4 members (excludes halogenated alkanes) is 1. The van der Waals surface area contributed by atoms with Crippen molar-refractivity contribution in [2.24, 2.45) is 0 Å². The number of hydrogen-bond donors (Lipinski definition) is 1. The summed E-state index contributed by atoms with van der Waals surface area (Å²) in [5, 5.41) is 6.22. The Bertz CT molecular complexity index is 1490. The summed E-state index contributed by atoms with van der Waals surface area (Å²) in [5.74, 6) is 0.457. The highest BCUT2D eigenvalue weighted by Crippen LogP contribution is 2.34. The van der Waals surface area contributed by atoms with Crippen LogP contribution < -0.4 is 15.6 Å². The van der Waals surface area contributed by atoms with E-state index in [1.54, 1.807) is 23.6 Å². The molecular formula is C25H23N3O3. The summed E-state index contributed by atoms with van der Waals surface area (Å²) in [6.07, 6.45) is 3.12. The number of rotatable bonds is 6. The lowest BCUT2D eigenvalue weighted by atomic mass is 10.1. The molecule has 0 radical (unpaired) electrons. The largest absolute Gasteiger partial charge is 0.481 e. The van der Waals surface area contributed by atoms with E-state index in [1.807, 2.05) is 42.5 Å². The Morgan fingerprint density at radius 3 is 2.71 bits per heavy atom. The van der Waals surface area contributed by atoms with Crippen LogP contribution in [0.25, 0.3) is 38.1 Å². The third-order valence-corrected chi connectivity index (χ3v) is 5.77. The van der Waals surface area contributed by atoms with Crippen LogP contribution in [0.3, 0.4) is 0 Å². The van der Waals surface area contributed by atoms with Gasteiger partial charge in [0.15, 0.2) is 6.10 Å². The van der Waals surface area contributed by atoms with Gasteiger partial charge < -0.3 is 10.1 Å². The van der Waals surface area contributed by atoms with Crippen LogP contribution in [-0.2, 0) is 4.79 Å². The first-order chi connectivity index (χ1) is 15.1. The summed E-state index contributed by atoms with van der Waals surface area (Å²) in [5.41, 5.74) is 2.35. The Balaban J connectivity index is 1.63. The summed E-state index contributed by atoms with van der Waals surface area (Å²) in [7, 11) is 0. The Morgan fingerprint density at radius 2 is 1.90 bits per heavy atom. The molecule has 3 aromatic heterocycles. The van der Waals surface area contributed by atoms with E-state index in [4.69, 9.17) is 4.74 Å². The molecule has 2 aromatic carbocycles. The number of hydrogen-bond acceptors (Lipinski definition) is 4. The first-order valence-electron chi connectivity index (χ1n) is 10.6. The zero-order chi connectivity index (χ0) is 21.5. The molecule has 1 amide bonds. The van der Waals surface area contributed by atoms with Gasteiger partial charge in [-0.2, -0.15) is 0 Å². The first kappa shape index (κ1) is 19.3. The minimum Gasteiger partial charge on any atom is -0.481 e. The molecular weight excluding hydrogens is 390 g/mol. The number of nitrogens with zero attached hydrogens (tertiary/aromatic N) is 2. The number of pyridine rings is 2. The summed E-state index contributed by atoms with van der Waals surface area (Å²) >= 11 is 0. The number of aromatic nitrogens is 2. The van der Waals surface area contributed by atoms with Crippen LogP contribution in [0.1, 0.15) is 26.7 Å². The van der Waals surface area contributed by atoms with Gasteiger partial charge in [-0.1, -0.05) is 31.5 Å². The second kappa shape index (κ2) is 7.54. The normalized spacial score (nSPS) is 12.7. The average Bonchev–Trinajstić information content (AvgIpc) is 3.12. The monoisotopic (exact) mass is 413 g/mol. The summed E-state index contributed by atoms with van der Waals surface area (Å²) in [6, 6.07) is 15.1. The topological polar surface area (TPSA) is 72.7 Å². The SMILES string of the molecule is CCCCNC(=O)C(C)Oc1ccc2c(c1)c1ccnc3c4ccccc4c(=O)n2c13. The van der Waals surface area contributed by atoms with E-state index in [-0.39, 0.29) is 11.5 Å².